The van der Waals surface area contributed by atoms with Gasteiger partial charge in [0.15, 0.2) is 17.4 Å². The molecule has 1 aromatic carbocycles. The van der Waals surface area contributed by atoms with Crippen molar-refractivity contribution in [2.75, 3.05) is 13.1 Å². The molecule has 0 fully saturated rings. The van der Waals surface area contributed by atoms with E-state index in [1.807, 2.05) is 47.9 Å². The van der Waals surface area contributed by atoms with Gasteiger partial charge in [-0.25, -0.2) is 9.38 Å². The smallest absolute Gasteiger partial charge is 0.191 e. The molecule has 0 aliphatic carbocycles. The number of nitrogens with zero attached hydrogens (tertiary/aromatic N) is 4. The van der Waals surface area contributed by atoms with E-state index >= 15 is 0 Å². The zero-order valence-electron chi connectivity index (χ0n) is 15.1. The van der Waals surface area contributed by atoms with Crippen molar-refractivity contribution in [3.63, 3.8) is 0 Å². The number of aromatic nitrogens is 3. The van der Waals surface area contributed by atoms with Crippen molar-refractivity contribution in [3.8, 4) is 0 Å². The third-order valence-electron chi connectivity index (χ3n) is 4.04. The van der Waals surface area contributed by atoms with Crippen LogP contribution in [0.4, 0.5) is 4.39 Å². The first-order valence-electron chi connectivity index (χ1n) is 8.92. The Morgan fingerprint density at radius 2 is 2.11 bits per heavy atom. The zero-order chi connectivity index (χ0) is 19.1. The molecule has 6 nitrogen and oxygen atoms in total. The number of aliphatic imine (C=N–C) groups is 1. The second-order valence-electron chi connectivity index (χ2n) is 6.01. The molecule has 2 N–H and O–H groups in total. The van der Waals surface area contributed by atoms with Gasteiger partial charge in [-0.05, 0) is 49.6 Å². The molecule has 2 heterocycles. The highest BCUT2D eigenvalue weighted by molar-refractivity contribution is 9.10. The SMILES string of the molecule is CCNC(=NCc1nnc2ccccn12)NCCCc1ccc(Br)cc1F. The topological polar surface area (TPSA) is 66.6 Å². The van der Waals surface area contributed by atoms with Gasteiger partial charge in [-0.3, -0.25) is 4.40 Å². The van der Waals surface area contributed by atoms with Gasteiger partial charge in [-0.15, -0.1) is 10.2 Å². The van der Waals surface area contributed by atoms with E-state index in [4.69, 9.17) is 0 Å². The largest absolute Gasteiger partial charge is 0.357 e. The molecular weight excluding hydrogens is 411 g/mol. The minimum atomic E-state index is -0.177. The number of halogens is 2. The van der Waals surface area contributed by atoms with Crippen LogP contribution in [0.3, 0.4) is 0 Å². The molecule has 2 aromatic heterocycles. The summed E-state index contributed by atoms with van der Waals surface area (Å²) in [6.45, 7) is 3.89. The fraction of sp³-hybridized carbons (Fsp3) is 0.316. The first-order valence-corrected chi connectivity index (χ1v) is 9.71. The lowest BCUT2D eigenvalue weighted by molar-refractivity contribution is 0.601. The maximum absolute atomic E-state index is 13.9. The number of nitrogens with one attached hydrogen (secondary N) is 2. The van der Waals surface area contributed by atoms with Crippen LogP contribution in [0.5, 0.6) is 0 Å². The van der Waals surface area contributed by atoms with Crippen molar-refractivity contribution >= 4 is 27.5 Å². The molecule has 142 valence electrons. The number of hydrogen-bond donors (Lipinski definition) is 2. The maximum Gasteiger partial charge on any atom is 0.191 e. The first kappa shape index (κ1) is 19.3. The van der Waals surface area contributed by atoms with Crippen LogP contribution in [-0.4, -0.2) is 33.6 Å². The van der Waals surface area contributed by atoms with Gasteiger partial charge in [0.05, 0.1) is 0 Å². The Balaban J connectivity index is 1.54. The summed E-state index contributed by atoms with van der Waals surface area (Å²) in [4.78, 5) is 4.57. The van der Waals surface area contributed by atoms with Gasteiger partial charge >= 0.3 is 0 Å². The molecule has 0 aliphatic rings. The lowest BCUT2D eigenvalue weighted by atomic mass is 10.1. The minimum absolute atomic E-state index is 0.177. The average Bonchev–Trinajstić information content (AvgIpc) is 3.08. The Kier molecular flexibility index (Phi) is 6.75. The molecule has 0 aliphatic heterocycles. The van der Waals surface area contributed by atoms with Crippen LogP contribution in [0, 0.1) is 5.82 Å². The molecule has 0 unspecified atom stereocenters. The van der Waals surface area contributed by atoms with Crippen LogP contribution < -0.4 is 10.6 Å². The predicted molar refractivity (Wildman–Crippen MR) is 108 cm³/mol. The fourth-order valence-electron chi connectivity index (χ4n) is 2.70. The number of aryl methyl sites for hydroxylation is 1. The quantitative estimate of drug-likeness (QED) is 0.341. The van der Waals surface area contributed by atoms with Crippen LogP contribution in [0.25, 0.3) is 5.65 Å². The Morgan fingerprint density at radius 3 is 2.93 bits per heavy atom. The molecule has 0 saturated carbocycles. The van der Waals surface area contributed by atoms with E-state index in [2.05, 4.69) is 41.8 Å². The molecule has 3 rings (SSSR count). The normalized spacial score (nSPS) is 11.7. The number of rotatable bonds is 7. The summed E-state index contributed by atoms with van der Waals surface area (Å²) in [7, 11) is 0. The Morgan fingerprint density at radius 1 is 1.22 bits per heavy atom. The third-order valence-corrected chi connectivity index (χ3v) is 4.53. The van der Waals surface area contributed by atoms with Gasteiger partial charge in [0.25, 0.3) is 0 Å². The summed E-state index contributed by atoms with van der Waals surface area (Å²) >= 11 is 3.28. The van der Waals surface area contributed by atoms with E-state index < -0.39 is 0 Å². The fourth-order valence-corrected chi connectivity index (χ4v) is 3.03. The third kappa shape index (κ3) is 5.26. The lowest BCUT2D eigenvalue weighted by Crippen LogP contribution is -2.37. The van der Waals surface area contributed by atoms with Gasteiger partial charge in [0, 0.05) is 23.8 Å². The number of benzene rings is 1. The molecule has 0 saturated heterocycles. The van der Waals surface area contributed by atoms with E-state index in [1.54, 1.807) is 0 Å². The van der Waals surface area contributed by atoms with E-state index in [1.165, 1.54) is 6.07 Å². The molecule has 0 radical (unpaired) electrons. The lowest BCUT2D eigenvalue weighted by Gasteiger charge is -2.11. The van der Waals surface area contributed by atoms with Gasteiger partial charge in [0.2, 0.25) is 0 Å². The van der Waals surface area contributed by atoms with E-state index in [9.17, 15) is 4.39 Å². The van der Waals surface area contributed by atoms with Gasteiger partial charge in [-0.1, -0.05) is 28.1 Å². The number of pyridine rings is 1. The molecular formula is C19H22BrFN6. The van der Waals surface area contributed by atoms with Crippen molar-refractivity contribution in [2.24, 2.45) is 4.99 Å². The predicted octanol–water partition coefficient (Wildman–Crippen LogP) is 3.32. The summed E-state index contributed by atoms with van der Waals surface area (Å²) in [5, 5.41) is 14.8. The molecule has 0 amide bonds. The summed E-state index contributed by atoms with van der Waals surface area (Å²) in [6.07, 6.45) is 3.39. The molecule has 27 heavy (non-hydrogen) atoms. The standard InChI is InChI=1S/C19H22BrFN6/c1-2-22-19(23-10-5-6-14-8-9-15(20)12-16(14)21)24-13-18-26-25-17-7-3-4-11-27(17)18/h3-4,7-9,11-12H,2,5-6,10,13H2,1H3,(H2,22,23,24). The zero-order valence-corrected chi connectivity index (χ0v) is 16.7. The molecule has 3 aromatic rings. The van der Waals surface area contributed by atoms with Crippen LogP contribution >= 0.6 is 15.9 Å². The molecule has 8 heteroatoms. The van der Waals surface area contributed by atoms with Crippen LogP contribution in [0.2, 0.25) is 0 Å². The number of guanidine groups is 1. The highest BCUT2D eigenvalue weighted by Gasteiger charge is 2.05. The van der Waals surface area contributed by atoms with Crippen molar-refractivity contribution in [3.05, 3.63) is 64.3 Å². The second-order valence-corrected chi connectivity index (χ2v) is 6.92. The molecule has 0 spiro atoms. The second kappa shape index (κ2) is 9.45. The van der Waals surface area contributed by atoms with E-state index in [0.29, 0.717) is 25.5 Å². The molecule has 0 bridgehead atoms. The number of hydrogen-bond acceptors (Lipinski definition) is 3. The minimum Gasteiger partial charge on any atom is -0.357 e. The van der Waals surface area contributed by atoms with E-state index in [-0.39, 0.29) is 5.82 Å². The Hall–Kier alpha value is -2.48. The monoisotopic (exact) mass is 432 g/mol. The molecule has 0 atom stereocenters. The summed E-state index contributed by atoms with van der Waals surface area (Å²) in [6, 6.07) is 10.9. The van der Waals surface area contributed by atoms with Gasteiger partial charge in [-0.2, -0.15) is 0 Å². The van der Waals surface area contributed by atoms with Crippen LogP contribution in [0.15, 0.2) is 52.1 Å². The van der Waals surface area contributed by atoms with Crippen molar-refractivity contribution < 1.29 is 4.39 Å². The van der Waals surface area contributed by atoms with Crippen molar-refractivity contribution in [1.29, 1.82) is 0 Å². The van der Waals surface area contributed by atoms with Gasteiger partial charge in [0.1, 0.15) is 12.4 Å². The maximum atomic E-state index is 13.9. The Labute approximate surface area is 166 Å². The highest BCUT2D eigenvalue weighted by Crippen LogP contribution is 2.16. The van der Waals surface area contributed by atoms with Crippen LogP contribution in [0.1, 0.15) is 24.7 Å². The van der Waals surface area contributed by atoms with E-state index in [0.717, 1.165) is 34.5 Å². The summed E-state index contributed by atoms with van der Waals surface area (Å²) in [5.41, 5.74) is 1.52. The van der Waals surface area contributed by atoms with Gasteiger partial charge < -0.3 is 10.6 Å². The van der Waals surface area contributed by atoms with Crippen LogP contribution in [-0.2, 0) is 13.0 Å². The Bertz CT molecular complexity index is 923. The average molecular weight is 433 g/mol. The number of fused-ring (bicyclic) bond motifs is 1. The van der Waals surface area contributed by atoms with Crippen molar-refractivity contribution in [1.82, 2.24) is 25.2 Å². The summed E-state index contributed by atoms with van der Waals surface area (Å²) in [5.74, 6) is 1.31. The van der Waals surface area contributed by atoms with Crippen molar-refractivity contribution in [2.45, 2.75) is 26.3 Å². The summed E-state index contributed by atoms with van der Waals surface area (Å²) < 4.78 is 16.5. The highest BCUT2D eigenvalue weighted by atomic mass is 79.9. The first-order chi connectivity index (χ1) is 13.2.